The van der Waals surface area contributed by atoms with Gasteiger partial charge in [0.15, 0.2) is 0 Å². The highest BCUT2D eigenvalue weighted by molar-refractivity contribution is 5.78. The Balaban J connectivity index is 2.29. The average molecular weight is 210 g/mol. The second kappa shape index (κ2) is 6.38. The maximum Gasteiger partial charge on any atom is 0.235 e. The fraction of sp³-hybridized carbons (Fsp3) is 0.800. The fourth-order valence-corrected chi connectivity index (χ4v) is 1.59. The molecule has 1 heterocycles. The Bertz CT molecular complexity index is 244. The zero-order chi connectivity index (χ0) is 11.1. The topological polar surface area (TPSA) is 68.2 Å². The Morgan fingerprint density at radius 2 is 2.40 bits per heavy atom. The highest BCUT2D eigenvalue weighted by Gasteiger charge is 2.25. The zero-order valence-corrected chi connectivity index (χ0v) is 9.12. The van der Waals surface area contributed by atoms with E-state index in [2.05, 4.69) is 22.5 Å². The summed E-state index contributed by atoms with van der Waals surface area (Å²) in [5, 5.41) is 14.1. The summed E-state index contributed by atoms with van der Waals surface area (Å²) in [5.74, 6) is -0.0584. The Morgan fingerprint density at radius 1 is 1.67 bits per heavy atom. The first-order chi connectivity index (χ1) is 7.27. The number of hydrogen-bond acceptors (Lipinski definition) is 4. The molecule has 0 aliphatic carbocycles. The van der Waals surface area contributed by atoms with Crippen molar-refractivity contribution >= 4 is 5.91 Å². The van der Waals surface area contributed by atoms with Crippen molar-refractivity contribution in [2.45, 2.75) is 19.4 Å². The molecular weight excluding hydrogens is 192 g/mol. The molecule has 1 aliphatic heterocycles. The van der Waals surface area contributed by atoms with Gasteiger partial charge in [-0.25, -0.2) is 0 Å². The summed E-state index contributed by atoms with van der Waals surface area (Å²) in [6, 6.07) is 2.38. The molecule has 2 N–H and O–H groups in total. The fourth-order valence-electron chi connectivity index (χ4n) is 1.59. The van der Waals surface area contributed by atoms with Gasteiger partial charge in [0.05, 0.1) is 12.6 Å². The molecule has 5 nitrogen and oxygen atoms in total. The number of carbonyl (C=O) groups is 1. The molecule has 0 radical (unpaired) electrons. The van der Waals surface area contributed by atoms with Gasteiger partial charge < -0.3 is 10.6 Å². The van der Waals surface area contributed by atoms with Gasteiger partial charge in [-0.3, -0.25) is 9.69 Å². The maximum absolute atomic E-state index is 11.4. The molecule has 1 rings (SSSR count). The molecule has 1 fully saturated rings. The second-order valence-corrected chi connectivity index (χ2v) is 3.72. The summed E-state index contributed by atoms with van der Waals surface area (Å²) < 4.78 is 0. The first-order valence-electron chi connectivity index (χ1n) is 5.36. The molecule has 0 unspecified atom stereocenters. The summed E-state index contributed by atoms with van der Waals surface area (Å²) >= 11 is 0. The van der Waals surface area contributed by atoms with Crippen LogP contribution in [0.15, 0.2) is 0 Å². The van der Waals surface area contributed by atoms with Crippen molar-refractivity contribution in [3.05, 3.63) is 0 Å². The van der Waals surface area contributed by atoms with Gasteiger partial charge in [0.2, 0.25) is 5.91 Å². The van der Waals surface area contributed by atoms with Crippen molar-refractivity contribution < 1.29 is 4.79 Å². The molecule has 84 valence electrons. The number of nitrogens with one attached hydrogen (secondary N) is 2. The van der Waals surface area contributed by atoms with Crippen LogP contribution in [0.2, 0.25) is 0 Å². The van der Waals surface area contributed by atoms with Gasteiger partial charge in [-0.05, 0) is 13.0 Å². The second-order valence-electron chi connectivity index (χ2n) is 3.72. The summed E-state index contributed by atoms with van der Waals surface area (Å²) in [6.07, 6.45) is 1.04. The molecular formula is C10H18N4O. The summed E-state index contributed by atoms with van der Waals surface area (Å²) in [5.41, 5.74) is 0. The maximum atomic E-state index is 11.4. The molecule has 5 heteroatoms. The van der Waals surface area contributed by atoms with Gasteiger partial charge in [-0.15, -0.1) is 0 Å². The predicted molar refractivity (Wildman–Crippen MR) is 57.1 cm³/mol. The van der Waals surface area contributed by atoms with Crippen molar-refractivity contribution in [1.29, 1.82) is 5.26 Å². The Labute approximate surface area is 90.4 Å². The number of rotatable bonds is 6. The third kappa shape index (κ3) is 3.86. The van der Waals surface area contributed by atoms with Crippen LogP contribution in [0.5, 0.6) is 0 Å². The van der Waals surface area contributed by atoms with E-state index >= 15 is 0 Å². The van der Waals surface area contributed by atoms with Crippen molar-refractivity contribution in [2.75, 3.05) is 32.7 Å². The van der Waals surface area contributed by atoms with Crippen molar-refractivity contribution in [3.63, 3.8) is 0 Å². The van der Waals surface area contributed by atoms with E-state index in [1.54, 1.807) is 0 Å². The summed E-state index contributed by atoms with van der Waals surface area (Å²) in [7, 11) is 0. The molecule has 0 atom stereocenters. The highest BCUT2D eigenvalue weighted by Crippen LogP contribution is 2.05. The lowest BCUT2D eigenvalue weighted by Gasteiger charge is -2.37. The van der Waals surface area contributed by atoms with E-state index in [4.69, 9.17) is 5.26 Å². The van der Waals surface area contributed by atoms with Gasteiger partial charge in [-0.1, -0.05) is 6.92 Å². The summed E-state index contributed by atoms with van der Waals surface area (Å²) in [6.45, 7) is 5.47. The molecule has 15 heavy (non-hydrogen) atoms. The standard InChI is InChI=1S/C10H18N4O/c1-2-5-14(9-6-12-7-9)8-10(15)13-4-3-11/h9,12H,2,4-8H2,1H3,(H,13,15). The van der Waals surface area contributed by atoms with Gasteiger partial charge in [0.25, 0.3) is 0 Å². The van der Waals surface area contributed by atoms with E-state index in [-0.39, 0.29) is 12.5 Å². The number of nitriles is 1. The molecule has 0 saturated carbocycles. The van der Waals surface area contributed by atoms with Gasteiger partial charge in [0, 0.05) is 19.1 Å². The largest absolute Gasteiger partial charge is 0.342 e. The minimum Gasteiger partial charge on any atom is -0.342 e. The number of hydrogen-bond donors (Lipinski definition) is 2. The van der Waals surface area contributed by atoms with Crippen LogP contribution in [-0.2, 0) is 4.79 Å². The van der Waals surface area contributed by atoms with Crippen LogP contribution < -0.4 is 10.6 Å². The Hall–Kier alpha value is -1.12. The van der Waals surface area contributed by atoms with Crippen LogP contribution in [0.25, 0.3) is 0 Å². The van der Waals surface area contributed by atoms with E-state index in [1.165, 1.54) is 0 Å². The van der Waals surface area contributed by atoms with E-state index in [9.17, 15) is 4.79 Å². The zero-order valence-electron chi connectivity index (χ0n) is 9.12. The Morgan fingerprint density at radius 3 is 2.87 bits per heavy atom. The van der Waals surface area contributed by atoms with Crippen LogP contribution in [-0.4, -0.2) is 49.6 Å². The lowest BCUT2D eigenvalue weighted by atomic mass is 10.1. The van der Waals surface area contributed by atoms with Crippen LogP contribution in [0.1, 0.15) is 13.3 Å². The third-order valence-electron chi connectivity index (χ3n) is 2.50. The average Bonchev–Trinajstić information content (AvgIpc) is 2.12. The van der Waals surface area contributed by atoms with Crippen LogP contribution >= 0.6 is 0 Å². The van der Waals surface area contributed by atoms with Crippen molar-refractivity contribution in [3.8, 4) is 6.07 Å². The van der Waals surface area contributed by atoms with Crippen molar-refractivity contribution in [2.24, 2.45) is 0 Å². The molecule has 0 aromatic carbocycles. The molecule has 0 spiro atoms. The first kappa shape index (κ1) is 12.0. The number of carbonyl (C=O) groups excluding carboxylic acids is 1. The first-order valence-corrected chi connectivity index (χ1v) is 5.36. The smallest absolute Gasteiger partial charge is 0.235 e. The molecule has 0 bridgehead atoms. The Kier molecular flexibility index (Phi) is 5.08. The molecule has 0 aromatic heterocycles. The van der Waals surface area contributed by atoms with Crippen LogP contribution in [0, 0.1) is 11.3 Å². The minimum absolute atomic E-state index is 0.0584. The molecule has 1 saturated heterocycles. The monoisotopic (exact) mass is 210 g/mol. The van der Waals surface area contributed by atoms with Gasteiger partial charge >= 0.3 is 0 Å². The van der Waals surface area contributed by atoms with Crippen LogP contribution in [0.4, 0.5) is 0 Å². The minimum atomic E-state index is -0.0584. The lowest BCUT2D eigenvalue weighted by molar-refractivity contribution is -0.122. The number of nitrogens with zero attached hydrogens (tertiary/aromatic N) is 2. The predicted octanol–water partition coefficient (Wildman–Crippen LogP) is -0.690. The van der Waals surface area contributed by atoms with E-state index in [0.717, 1.165) is 26.1 Å². The normalized spacial score (nSPS) is 15.8. The highest BCUT2D eigenvalue weighted by atomic mass is 16.2. The molecule has 0 aromatic rings. The van der Waals surface area contributed by atoms with Crippen LogP contribution in [0.3, 0.4) is 0 Å². The van der Waals surface area contributed by atoms with Gasteiger partial charge in [0.1, 0.15) is 6.54 Å². The van der Waals surface area contributed by atoms with E-state index < -0.39 is 0 Å². The summed E-state index contributed by atoms with van der Waals surface area (Å²) in [4.78, 5) is 13.6. The van der Waals surface area contributed by atoms with Crippen molar-refractivity contribution in [1.82, 2.24) is 15.5 Å². The SMILES string of the molecule is CCCN(CC(=O)NCC#N)C1CNC1. The third-order valence-corrected chi connectivity index (χ3v) is 2.50. The van der Waals surface area contributed by atoms with Gasteiger partial charge in [-0.2, -0.15) is 5.26 Å². The molecule has 1 amide bonds. The quantitative estimate of drug-likeness (QED) is 0.569. The molecule has 1 aliphatic rings. The van der Waals surface area contributed by atoms with E-state index in [0.29, 0.717) is 12.6 Å². The lowest BCUT2D eigenvalue weighted by Crippen LogP contribution is -2.59. The van der Waals surface area contributed by atoms with E-state index in [1.807, 2.05) is 6.07 Å². The number of amides is 1.